The molecule has 0 aromatic heterocycles. The van der Waals surface area contributed by atoms with Gasteiger partial charge in [-0.15, -0.1) is 5.92 Å². The maximum atomic E-state index is 13.7. The lowest BCUT2D eigenvalue weighted by Gasteiger charge is -2.39. The highest BCUT2D eigenvalue weighted by Gasteiger charge is 2.54. The minimum absolute atomic E-state index is 0.0816. The molecule has 2 aromatic carbocycles. The minimum Gasteiger partial charge on any atom is -0.497 e. The van der Waals surface area contributed by atoms with Crippen LogP contribution in [0.5, 0.6) is 11.5 Å². The second kappa shape index (κ2) is 11.4. The molecule has 0 spiro atoms. The van der Waals surface area contributed by atoms with Crippen molar-refractivity contribution in [2.45, 2.75) is 42.9 Å². The molecule has 0 aliphatic carbocycles. The summed E-state index contributed by atoms with van der Waals surface area (Å²) < 4.78 is 41.8. The highest BCUT2D eigenvalue weighted by atomic mass is 32.2. The second-order valence-corrected chi connectivity index (χ2v) is 10.3. The molecule has 8 heteroatoms. The first-order chi connectivity index (χ1) is 16.4. The number of piperidine rings is 1. The van der Waals surface area contributed by atoms with E-state index < -0.39 is 20.6 Å². The first-order valence-corrected chi connectivity index (χ1v) is 12.7. The number of hydrogen-bond acceptors (Lipinski definition) is 7. The van der Waals surface area contributed by atoms with Crippen molar-refractivity contribution in [1.29, 1.82) is 0 Å². The molecule has 0 amide bonds. The van der Waals surface area contributed by atoms with Gasteiger partial charge in [0, 0.05) is 19.6 Å². The smallest absolute Gasteiger partial charge is 0.327 e. The second-order valence-electron chi connectivity index (χ2n) is 8.03. The van der Waals surface area contributed by atoms with E-state index in [4.69, 9.17) is 14.2 Å². The molecule has 1 fully saturated rings. The maximum absolute atomic E-state index is 13.7. The van der Waals surface area contributed by atoms with Gasteiger partial charge >= 0.3 is 5.97 Å². The van der Waals surface area contributed by atoms with Gasteiger partial charge < -0.3 is 14.2 Å². The zero-order valence-electron chi connectivity index (χ0n) is 19.9. The number of hydrogen-bond donors (Lipinski definition) is 0. The zero-order chi connectivity index (χ0) is 24.6. The van der Waals surface area contributed by atoms with E-state index in [0.29, 0.717) is 25.4 Å². The molecule has 0 unspecified atom stereocenters. The van der Waals surface area contributed by atoms with Gasteiger partial charge in [-0.2, -0.15) is 0 Å². The van der Waals surface area contributed by atoms with Gasteiger partial charge in [0.05, 0.1) is 18.6 Å². The van der Waals surface area contributed by atoms with Crippen LogP contribution >= 0.6 is 0 Å². The Kier molecular flexibility index (Phi) is 8.59. The number of nitrogens with zero attached hydrogens (tertiary/aromatic N) is 1. The lowest BCUT2D eigenvalue weighted by molar-refractivity contribution is -0.147. The SMILES string of the molecule is CC#CCOc1ccc(S(=O)(=O)C2(C(=O)OCC)CCN(Cc3ccc(OC)cc3)CC2)cc1. The molecule has 0 radical (unpaired) electrons. The van der Waals surface area contributed by atoms with E-state index in [9.17, 15) is 13.2 Å². The fourth-order valence-electron chi connectivity index (χ4n) is 4.04. The average molecular weight is 486 g/mol. The van der Waals surface area contributed by atoms with E-state index in [1.165, 1.54) is 12.1 Å². The fourth-order valence-corrected chi connectivity index (χ4v) is 5.98. The number of sulfone groups is 1. The van der Waals surface area contributed by atoms with E-state index in [1.54, 1.807) is 33.1 Å². The summed E-state index contributed by atoms with van der Waals surface area (Å²) in [6, 6.07) is 13.9. The third-order valence-corrected chi connectivity index (χ3v) is 8.51. The Morgan fingerprint density at radius 1 is 1.03 bits per heavy atom. The molecule has 2 aromatic rings. The first-order valence-electron chi connectivity index (χ1n) is 11.3. The van der Waals surface area contributed by atoms with Crippen LogP contribution < -0.4 is 9.47 Å². The van der Waals surface area contributed by atoms with Crippen molar-refractivity contribution >= 4 is 15.8 Å². The fraction of sp³-hybridized carbons (Fsp3) is 0.423. The topological polar surface area (TPSA) is 82.1 Å². The highest BCUT2D eigenvalue weighted by Crippen LogP contribution is 2.37. The maximum Gasteiger partial charge on any atom is 0.327 e. The third kappa shape index (κ3) is 5.54. The van der Waals surface area contributed by atoms with Crippen LogP contribution in [0, 0.1) is 11.8 Å². The van der Waals surface area contributed by atoms with E-state index >= 15 is 0 Å². The van der Waals surface area contributed by atoms with Gasteiger partial charge in [-0.3, -0.25) is 9.69 Å². The van der Waals surface area contributed by atoms with Gasteiger partial charge in [-0.25, -0.2) is 8.42 Å². The van der Waals surface area contributed by atoms with Gasteiger partial charge in [0.1, 0.15) is 18.1 Å². The van der Waals surface area contributed by atoms with E-state index in [0.717, 1.165) is 11.3 Å². The summed E-state index contributed by atoms with van der Waals surface area (Å²) in [6.45, 7) is 5.33. The Labute approximate surface area is 201 Å². The third-order valence-electron chi connectivity index (χ3n) is 6.01. The number of carbonyl (C=O) groups excluding carboxylic acids is 1. The lowest BCUT2D eigenvalue weighted by Crippen LogP contribution is -2.54. The summed E-state index contributed by atoms with van der Waals surface area (Å²) in [7, 11) is -2.37. The lowest BCUT2D eigenvalue weighted by atomic mass is 9.95. The van der Waals surface area contributed by atoms with Gasteiger partial charge in [0.15, 0.2) is 14.6 Å². The molecular formula is C26H31NO6S. The van der Waals surface area contributed by atoms with Crippen molar-refractivity contribution in [1.82, 2.24) is 4.90 Å². The van der Waals surface area contributed by atoms with Crippen molar-refractivity contribution in [3.8, 4) is 23.3 Å². The molecule has 1 aliphatic rings. The molecule has 1 saturated heterocycles. The molecule has 0 N–H and O–H groups in total. The van der Waals surface area contributed by atoms with Crippen LogP contribution in [0.1, 0.15) is 32.3 Å². The van der Waals surface area contributed by atoms with E-state index in [2.05, 4.69) is 16.7 Å². The Morgan fingerprint density at radius 3 is 2.21 bits per heavy atom. The number of esters is 1. The van der Waals surface area contributed by atoms with Crippen LogP contribution in [0.2, 0.25) is 0 Å². The van der Waals surface area contributed by atoms with Crippen molar-refractivity contribution in [3.05, 3.63) is 54.1 Å². The summed E-state index contributed by atoms with van der Waals surface area (Å²) >= 11 is 0. The van der Waals surface area contributed by atoms with Gasteiger partial charge in [-0.1, -0.05) is 18.1 Å². The minimum atomic E-state index is -3.99. The summed E-state index contributed by atoms with van der Waals surface area (Å²) in [5, 5.41) is 0. The molecule has 0 atom stereocenters. The number of methoxy groups -OCH3 is 1. The number of benzene rings is 2. The number of ether oxygens (including phenoxy) is 3. The highest BCUT2D eigenvalue weighted by molar-refractivity contribution is 7.93. The molecule has 3 rings (SSSR count). The number of likely N-dealkylation sites (tertiary alicyclic amines) is 1. The molecule has 0 saturated carbocycles. The van der Waals surface area contributed by atoms with Crippen molar-refractivity contribution in [2.24, 2.45) is 0 Å². The predicted octanol–water partition coefficient (Wildman–Crippen LogP) is 3.47. The molecule has 0 bridgehead atoms. The van der Waals surface area contributed by atoms with Crippen molar-refractivity contribution in [3.63, 3.8) is 0 Å². The van der Waals surface area contributed by atoms with Crippen LogP contribution in [-0.4, -0.2) is 57.4 Å². The molecule has 7 nitrogen and oxygen atoms in total. The summed E-state index contributed by atoms with van der Waals surface area (Å²) in [6.07, 6.45) is 0.323. The Balaban J connectivity index is 1.79. The van der Waals surface area contributed by atoms with Gasteiger partial charge in [-0.05, 0) is 68.7 Å². The zero-order valence-corrected chi connectivity index (χ0v) is 20.7. The van der Waals surface area contributed by atoms with Crippen LogP contribution in [0.15, 0.2) is 53.4 Å². The predicted molar refractivity (Wildman–Crippen MR) is 129 cm³/mol. The monoisotopic (exact) mass is 485 g/mol. The molecule has 1 heterocycles. The van der Waals surface area contributed by atoms with Crippen LogP contribution in [0.3, 0.4) is 0 Å². The normalized spacial score (nSPS) is 15.6. The van der Waals surface area contributed by atoms with Crippen molar-refractivity contribution < 1.29 is 27.4 Å². The van der Waals surface area contributed by atoms with Crippen LogP contribution in [0.4, 0.5) is 0 Å². The van der Waals surface area contributed by atoms with Gasteiger partial charge in [0.2, 0.25) is 0 Å². The quantitative estimate of drug-likeness (QED) is 0.397. The number of carbonyl (C=O) groups is 1. The summed E-state index contributed by atoms with van der Waals surface area (Å²) in [5.74, 6) is 6.15. The largest absolute Gasteiger partial charge is 0.497 e. The Bertz CT molecular complexity index is 1120. The molecule has 182 valence electrons. The Morgan fingerprint density at radius 2 is 1.65 bits per heavy atom. The molecule has 1 aliphatic heterocycles. The first kappa shape index (κ1) is 25.6. The standard InChI is InChI=1S/C26H31NO6S/c1-4-6-19-33-23-11-13-24(14-12-23)34(29,30)26(25(28)32-5-2)15-17-27(18-16-26)20-21-7-9-22(31-3)10-8-21/h7-14H,5,15-20H2,1-3H3. The Hall–Kier alpha value is -3.02. The van der Waals surface area contributed by atoms with Crippen LogP contribution in [-0.2, 0) is 25.9 Å². The van der Waals surface area contributed by atoms with Crippen LogP contribution in [0.25, 0.3) is 0 Å². The molecular weight excluding hydrogens is 454 g/mol. The van der Waals surface area contributed by atoms with Gasteiger partial charge in [0.25, 0.3) is 0 Å². The van der Waals surface area contributed by atoms with E-state index in [1.807, 2.05) is 24.3 Å². The molecule has 34 heavy (non-hydrogen) atoms. The summed E-state index contributed by atoms with van der Waals surface area (Å²) in [5.41, 5.74) is 1.09. The van der Waals surface area contributed by atoms with E-state index in [-0.39, 0.29) is 31.0 Å². The number of rotatable bonds is 9. The van der Waals surface area contributed by atoms with Crippen molar-refractivity contribution in [2.75, 3.05) is 33.4 Å². The average Bonchev–Trinajstić information content (AvgIpc) is 2.85. The summed E-state index contributed by atoms with van der Waals surface area (Å²) in [4.78, 5) is 15.3.